The molecule has 17 heavy (non-hydrogen) atoms. The van der Waals surface area contributed by atoms with Crippen molar-refractivity contribution in [3.05, 3.63) is 48.0 Å². The largest absolute Gasteiger partial charge is 0.349 e. The molecule has 2 aromatic rings. The lowest BCUT2D eigenvalue weighted by atomic mass is 10.3. The summed E-state index contributed by atoms with van der Waals surface area (Å²) in [6.45, 7) is 4.01. The lowest BCUT2D eigenvalue weighted by Gasteiger charge is -1.93. The number of nitrogens with zero attached hydrogens (tertiary/aromatic N) is 1. The number of thiazole rings is 1. The molecule has 1 aromatic carbocycles. The molecule has 0 fully saturated rings. The highest BCUT2D eigenvalue weighted by Gasteiger charge is 2.00. The van der Waals surface area contributed by atoms with Crippen molar-refractivity contribution in [2.45, 2.75) is 0 Å². The third-order valence-electron chi connectivity index (χ3n) is 2.11. The van der Waals surface area contributed by atoms with Crippen LogP contribution in [0.1, 0.15) is 5.01 Å². The molecule has 0 saturated heterocycles. The van der Waals surface area contributed by atoms with Crippen LogP contribution in [0.3, 0.4) is 0 Å². The summed E-state index contributed by atoms with van der Waals surface area (Å²) in [5, 5.41) is 3.50. The summed E-state index contributed by atoms with van der Waals surface area (Å²) in [6, 6.07) is 7.90. The number of nitrogens with one attached hydrogen (secondary N) is 1. The number of fused-ring (bicyclic) bond motifs is 1. The van der Waals surface area contributed by atoms with Crippen LogP contribution in [-0.4, -0.2) is 17.4 Å². The van der Waals surface area contributed by atoms with E-state index >= 15 is 0 Å². The van der Waals surface area contributed by atoms with Crippen molar-refractivity contribution in [2.75, 3.05) is 6.54 Å². The molecule has 0 saturated carbocycles. The van der Waals surface area contributed by atoms with Crippen molar-refractivity contribution in [3.8, 4) is 0 Å². The van der Waals surface area contributed by atoms with Gasteiger partial charge in [-0.3, -0.25) is 4.79 Å². The minimum Gasteiger partial charge on any atom is -0.349 e. The van der Waals surface area contributed by atoms with Gasteiger partial charge in [0.05, 0.1) is 10.2 Å². The van der Waals surface area contributed by atoms with E-state index in [1.165, 1.54) is 6.08 Å². The zero-order valence-corrected chi connectivity index (χ0v) is 10.0. The van der Waals surface area contributed by atoms with Crippen molar-refractivity contribution < 1.29 is 4.79 Å². The van der Waals surface area contributed by atoms with E-state index in [0.29, 0.717) is 6.54 Å². The van der Waals surface area contributed by atoms with E-state index in [9.17, 15) is 4.79 Å². The fourth-order valence-electron chi connectivity index (χ4n) is 1.34. The standard InChI is InChI=1S/C13H12N2OS/c1-2-9-14-12(16)7-8-13-15-10-5-3-4-6-11(10)17-13/h2-8H,1,9H2,(H,14,16)/b8-7+. The number of amides is 1. The van der Waals surface area contributed by atoms with Crippen LogP contribution in [0.25, 0.3) is 16.3 Å². The second-order valence-corrected chi connectivity index (χ2v) is 4.45. The van der Waals surface area contributed by atoms with Crippen LogP contribution in [0, 0.1) is 0 Å². The Kier molecular flexibility index (Phi) is 3.67. The first-order valence-corrected chi connectivity index (χ1v) is 6.03. The molecule has 0 unspecified atom stereocenters. The Bertz CT molecular complexity index is 539. The predicted molar refractivity (Wildman–Crippen MR) is 71.9 cm³/mol. The van der Waals surface area contributed by atoms with E-state index in [2.05, 4.69) is 16.9 Å². The summed E-state index contributed by atoms with van der Waals surface area (Å²) < 4.78 is 1.12. The van der Waals surface area contributed by atoms with Crippen molar-refractivity contribution in [1.82, 2.24) is 10.3 Å². The third kappa shape index (κ3) is 3.01. The molecule has 1 amide bonds. The summed E-state index contributed by atoms with van der Waals surface area (Å²) in [5.74, 6) is -0.135. The first kappa shape index (κ1) is 11.5. The van der Waals surface area contributed by atoms with Crippen LogP contribution in [0.15, 0.2) is 43.0 Å². The molecule has 1 N–H and O–H groups in total. The van der Waals surface area contributed by atoms with Crippen molar-refractivity contribution in [2.24, 2.45) is 0 Å². The number of hydrogen-bond donors (Lipinski definition) is 1. The SMILES string of the molecule is C=CCNC(=O)/C=C/c1nc2ccccc2s1. The number of para-hydroxylation sites is 1. The van der Waals surface area contributed by atoms with Gasteiger partial charge in [0.15, 0.2) is 0 Å². The maximum Gasteiger partial charge on any atom is 0.244 e. The van der Waals surface area contributed by atoms with Crippen LogP contribution in [0.4, 0.5) is 0 Å². The molecule has 0 atom stereocenters. The lowest BCUT2D eigenvalue weighted by Crippen LogP contribution is -2.20. The van der Waals surface area contributed by atoms with Gasteiger partial charge >= 0.3 is 0 Å². The van der Waals surface area contributed by atoms with E-state index in [1.807, 2.05) is 24.3 Å². The van der Waals surface area contributed by atoms with Gasteiger partial charge in [0.1, 0.15) is 5.01 Å². The van der Waals surface area contributed by atoms with Gasteiger partial charge < -0.3 is 5.32 Å². The molecule has 0 spiro atoms. The number of carbonyl (C=O) groups excluding carboxylic acids is 1. The normalized spacial score (nSPS) is 10.8. The zero-order valence-electron chi connectivity index (χ0n) is 9.22. The van der Waals surface area contributed by atoms with Crippen molar-refractivity contribution in [1.29, 1.82) is 0 Å². The van der Waals surface area contributed by atoms with Gasteiger partial charge in [0, 0.05) is 12.6 Å². The Labute approximate surface area is 103 Å². The Balaban J connectivity index is 2.10. The molecule has 0 radical (unpaired) electrons. The average molecular weight is 244 g/mol. The van der Waals surface area contributed by atoms with Crippen molar-refractivity contribution in [3.63, 3.8) is 0 Å². The Morgan fingerprint density at radius 2 is 2.29 bits per heavy atom. The van der Waals surface area contributed by atoms with Crippen LogP contribution in [0.2, 0.25) is 0 Å². The van der Waals surface area contributed by atoms with E-state index in [-0.39, 0.29) is 5.91 Å². The van der Waals surface area contributed by atoms with Gasteiger partial charge in [0.2, 0.25) is 5.91 Å². The van der Waals surface area contributed by atoms with Crippen LogP contribution in [0.5, 0.6) is 0 Å². The lowest BCUT2D eigenvalue weighted by molar-refractivity contribution is -0.116. The number of carbonyl (C=O) groups is 1. The zero-order chi connectivity index (χ0) is 12.1. The van der Waals surface area contributed by atoms with Gasteiger partial charge in [-0.1, -0.05) is 18.2 Å². The maximum atomic E-state index is 11.3. The quantitative estimate of drug-likeness (QED) is 0.663. The minimum atomic E-state index is -0.135. The molecule has 0 aliphatic carbocycles. The highest BCUT2D eigenvalue weighted by molar-refractivity contribution is 7.19. The Hall–Kier alpha value is -1.94. The van der Waals surface area contributed by atoms with Gasteiger partial charge in [-0.15, -0.1) is 17.9 Å². The molecular formula is C13H12N2OS. The summed E-state index contributed by atoms with van der Waals surface area (Å²) in [4.78, 5) is 15.7. The first-order chi connectivity index (χ1) is 8.29. The molecule has 0 aliphatic rings. The van der Waals surface area contributed by atoms with Gasteiger partial charge in [-0.05, 0) is 18.2 Å². The van der Waals surface area contributed by atoms with E-state index in [0.717, 1.165) is 15.2 Å². The second-order valence-electron chi connectivity index (χ2n) is 3.39. The van der Waals surface area contributed by atoms with E-state index in [1.54, 1.807) is 23.5 Å². The smallest absolute Gasteiger partial charge is 0.244 e. The summed E-state index contributed by atoms with van der Waals surface area (Å²) in [5.41, 5.74) is 0.962. The number of rotatable bonds is 4. The Morgan fingerprint density at radius 3 is 3.06 bits per heavy atom. The molecule has 1 heterocycles. The van der Waals surface area contributed by atoms with Crippen LogP contribution in [-0.2, 0) is 4.79 Å². The molecule has 3 nitrogen and oxygen atoms in total. The molecule has 2 rings (SSSR count). The predicted octanol–water partition coefficient (Wildman–Crippen LogP) is 2.61. The third-order valence-corrected chi connectivity index (χ3v) is 3.11. The highest BCUT2D eigenvalue weighted by atomic mass is 32.1. The summed E-state index contributed by atoms with van der Waals surface area (Å²) >= 11 is 1.57. The summed E-state index contributed by atoms with van der Waals surface area (Å²) in [7, 11) is 0. The van der Waals surface area contributed by atoms with Crippen LogP contribution < -0.4 is 5.32 Å². The molecular weight excluding hydrogens is 232 g/mol. The topological polar surface area (TPSA) is 42.0 Å². The minimum absolute atomic E-state index is 0.135. The number of benzene rings is 1. The second kappa shape index (κ2) is 5.41. The molecule has 86 valence electrons. The number of aromatic nitrogens is 1. The molecule has 4 heteroatoms. The first-order valence-electron chi connectivity index (χ1n) is 5.22. The summed E-state index contributed by atoms with van der Waals surface area (Å²) in [6.07, 6.45) is 4.85. The van der Waals surface area contributed by atoms with Crippen LogP contribution >= 0.6 is 11.3 Å². The Morgan fingerprint density at radius 1 is 1.47 bits per heavy atom. The average Bonchev–Trinajstić information content (AvgIpc) is 2.76. The fourth-order valence-corrected chi connectivity index (χ4v) is 2.21. The highest BCUT2D eigenvalue weighted by Crippen LogP contribution is 2.22. The fraction of sp³-hybridized carbons (Fsp3) is 0.0769. The molecule has 0 aliphatic heterocycles. The molecule has 1 aromatic heterocycles. The van der Waals surface area contributed by atoms with E-state index in [4.69, 9.17) is 0 Å². The van der Waals surface area contributed by atoms with Gasteiger partial charge in [-0.2, -0.15) is 0 Å². The maximum absolute atomic E-state index is 11.3. The monoisotopic (exact) mass is 244 g/mol. The number of hydrogen-bond acceptors (Lipinski definition) is 3. The van der Waals surface area contributed by atoms with E-state index < -0.39 is 0 Å². The van der Waals surface area contributed by atoms with Gasteiger partial charge in [-0.25, -0.2) is 4.98 Å². The molecule has 0 bridgehead atoms. The van der Waals surface area contributed by atoms with Crippen molar-refractivity contribution >= 4 is 33.5 Å². The van der Waals surface area contributed by atoms with Gasteiger partial charge in [0.25, 0.3) is 0 Å².